The molecule has 0 aliphatic carbocycles. The standard InChI is InChI=1S/C19H28N2O3/c1-15-5-3-6-16(13-15)8-9-20-18(22)21-10-4-7-17(14-21)19(2)23-11-12-24-19/h3,5-6,13,17H,4,7-12,14H2,1-2H3,(H,20,22)/t17-/m1/s1. The Morgan fingerprint density at radius 2 is 2.17 bits per heavy atom. The van der Waals surface area contributed by atoms with Crippen molar-refractivity contribution in [2.24, 2.45) is 5.92 Å². The smallest absolute Gasteiger partial charge is 0.317 e. The summed E-state index contributed by atoms with van der Waals surface area (Å²) in [5.41, 5.74) is 2.51. The van der Waals surface area contributed by atoms with E-state index in [1.165, 1.54) is 11.1 Å². The van der Waals surface area contributed by atoms with Gasteiger partial charge in [0.1, 0.15) is 0 Å². The van der Waals surface area contributed by atoms with Crippen molar-refractivity contribution < 1.29 is 14.3 Å². The number of hydrogen-bond donors (Lipinski definition) is 1. The average molecular weight is 332 g/mol. The van der Waals surface area contributed by atoms with E-state index in [0.29, 0.717) is 26.3 Å². The number of piperidine rings is 1. The van der Waals surface area contributed by atoms with E-state index in [0.717, 1.165) is 25.8 Å². The minimum atomic E-state index is -0.527. The quantitative estimate of drug-likeness (QED) is 0.922. The zero-order chi connectivity index (χ0) is 17.0. The van der Waals surface area contributed by atoms with Crippen molar-refractivity contribution in [3.05, 3.63) is 35.4 Å². The normalized spacial score (nSPS) is 23.2. The van der Waals surface area contributed by atoms with E-state index in [9.17, 15) is 4.79 Å². The number of rotatable bonds is 4. The largest absolute Gasteiger partial charge is 0.347 e. The highest BCUT2D eigenvalue weighted by Gasteiger charge is 2.42. The van der Waals surface area contributed by atoms with Gasteiger partial charge in [0.05, 0.1) is 13.2 Å². The third-order valence-electron chi connectivity index (χ3n) is 5.08. The molecule has 2 saturated heterocycles. The van der Waals surface area contributed by atoms with Crippen LogP contribution in [0.4, 0.5) is 4.79 Å². The molecule has 5 nitrogen and oxygen atoms in total. The van der Waals surface area contributed by atoms with Gasteiger partial charge in [-0.1, -0.05) is 29.8 Å². The molecule has 0 radical (unpaired) electrons. The number of benzene rings is 1. The second-order valence-corrected chi connectivity index (χ2v) is 6.97. The first-order chi connectivity index (χ1) is 11.6. The first-order valence-electron chi connectivity index (χ1n) is 8.93. The zero-order valence-electron chi connectivity index (χ0n) is 14.7. The summed E-state index contributed by atoms with van der Waals surface area (Å²) in [6.45, 7) is 7.56. The Bertz CT molecular complexity index is 569. The monoisotopic (exact) mass is 332 g/mol. The molecule has 1 atom stereocenters. The van der Waals surface area contributed by atoms with Gasteiger partial charge in [-0.15, -0.1) is 0 Å². The van der Waals surface area contributed by atoms with Crippen LogP contribution in [-0.2, 0) is 15.9 Å². The van der Waals surface area contributed by atoms with Crippen LogP contribution in [0.1, 0.15) is 30.9 Å². The van der Waals surface area contributed by atoms with Crippen LogP contribution >= 0.6 is 0 Å². The summed E-state index contributed by atoms with van der Waals surface area (Å²) in [4.78, 5) is 14.4. The number of ether oxygens (including phenoxy) is 2. The Balaban J connectivity index is 1.47. The summed E-state index contributed by atoms with van der Waals surface area (Å²) >= 11 is 0. The van der Waals surface area contributed by atoms with Crippen molar-refractivity contribution in [2.75, 3.05) is 32.8 Å². The lowest BCUT2D eigenvalue weighted by Gasteiger charge is -2.39. The summed E-state index contributed by atoms with van der Waals surface area (Å²) in [5.74, 6) is -0.281. The van der Waals surface area contributed by atoms with Gasteiger partial charge in [0.25, 0.3) is 0 Å². The number of carbonyl (C=O) groups excluding carboxylic acids is 1. The lowest BCUT2D eigenvalue weighted by Crippen LogP contribution is -2.51. The molecule has 2 aliphatic heterocycles. The van der Waals surface area contributed by atoms with E-state index >= 15 is 0 Å². The number of amides is 2. The van der Waals surface area contributed by atoms with E-state index in [1.807, 2.05) is 11.8 Å². The van der Waals surface area contributed by atoms with Gasteiger partial charge in [-0.25, -0.2) is 4.79 Å². The van der Waals surface area contributed by atoms with E-state index < -0.39 is 5.79 Å². The van der Waals surface area contributed by atoms with Gasteiger partial charge >= 0.3 is 6.03 Å². The fourth-order valence-corrected chi connectivity index (χ4v) is 3.65. The number of carbonyl (C=O) groups is 1. The second kappa shape index (κ2) is 7.53. The molecule has 0 aromatic heterocycles. The van der Waals surface area contributed by atoms with Crippen molar-refractivity contribution in [1.29, 1.82) is 0 Å². The van der Waals surface area contributed by atoms with Crippen LogP contribution in [0.3, 0.4) is 0 Å². The number of urea groups is 1. The molecule has 0 bridgehead atoms. The predicted octanol–water partition coefficient (Wildman–Crippen LogP) is 2.72. The van der Waals surface area contributed by atoms with Crippen LogP contribution in [0.15, 0.2) is 24.3 Å². The second-order valence-electron chi connectivity index (χ2n) is 6.97. The van der Waals surface area contributed by atoms with Crippen LogP contribution in [0.5, 0.6) is 0 Å². The van der Waals surface area contributed by atoms with E-state index in [4.69, 9.17) is 9.47 Å². The molecule has 0 unspecified atom stereocenters. The Morgan fingerprint density at radius 1 is 1.38 bits per heavy atom. The summed E-state index contributed by atoms with van der Waals surface area (Å²) in [6, 6.07) is 8.44. The Labute approximate surface area is 144 Å². The Hall–Kier alpha value is -1.59. The average Bonchev–Trinajstić information content (AvgIpc) is 3.03. The van der Waals surface area contributed by atoms with Crippen LogP contribution in [0.25, 0.3) is 0 Å². The maximum atomic E-state index is 12.5. The van der Waals surface area contributed by atoms with Crippen molar-refractivity contribution in [3.63, 3.8) is 0 Å². The minimum Gasteiger partial charge on any atom is -0.347 e. The van der Waals surface area contributed by atoms with Crippen molar-refractivity contribution >= 4 is 6.03 Å². The molecule has 1 N–H and O–H groups in total. The number of nitrogens with zero attached hydrogens (tertiary/aromatic N) is 1. The maximum Gasteiger partial charge on any atom is 0.317 e. The van der Waals surface area contributed by atoms with E-state index in [-0.39, 0.29) is 11.9 Å². The number of nitrogens with one attached hydrogen (secondary N) is 1. The third-order valence-corrected chi connectivity index (χ3v) is 5.08. The van der Waals surface area contributed by atoms with Gasteiger partial charge in [-0.2, -0.15) is 0 Å². The van der Waals surface area contributed by atoms with Gasteiger partial charge in [0, 0.05) is 25.6 Å². The molecule has 2 heterocycles. The molecule has 0 saturated carbocycles. The molecular formula is C19H28N2O3. The Kier molecular flexibility index (Phi) is 5.41. The van der Waals surface area contributed by atoms with Gasteiger partial charge in [0.2, 0.25) is 0 Å². The SMILES string of the molecule is Cc1cccc(CCNC(=O)N2CCC[C@@H](C3(C)OCCO3)C2)c1. The topological polar surface area (TPSA) is 50.8 Å². The number of likely N-dealkylation sites (tertiary alicyclic amines) is 1. The molecule has 132 valence electrons. The number of aryl methyl sites for hydroxylation is 1. The third kappa shape index (κ3) is 4.08. The zero-order valence-corrected chi connectivity index (χ0v) is 14.7. The fourth-order valence-electron chi connectivity index (χ4n) is 3.65. The molecule has 2 fully saturated rings. The van der Waals surface area contributed by atoms with Crippen molar-refractivity contribution in [1.82, 2.24) is 10.2 Å². The van der Waals surface area contributed by atoms with Crippen LogP contribution in [0.2, 0.25) is 0 Å². The summed E-state index contributed by atoms with van der Waals surface area (Å²) < 4.78 is 11.6. The Morgan fingerprint density at radius 3 is 2.92 bits per heavy atom. The first kappa shape index (κ1) is 17.2. The van der Waals surface area contributed by atoms with Crippen LogP contribution in [0, 0.1) is 12.8 Å². The molecule has 2 amide bonds. The predicted molar refractivity (Wildman–Crippen MR) is 92.9 cm³/mol. The van der Waals surface area contributed by atoms with Gasteiger partial charge < -0.3 is 19.7 Å². The van der Waals surface area contributed by atoms with E-state index in [1.54, 1.807) is 0 Å². The van der Waals surface area contributed by atoms with Crippen LogP contribution in [-0.4, -0.2) is 49.6 Å². The van der Waals surface area contributed by atoms with Gasteiger partial charge in [-0.05, 0) is 38.7 Å². The molecule has 1 aromatic carbocycles. The highest BCUT2D eigenvalue weighted by atomic mass is 16.7. The molecule has 5 heteroatoms. The summed E-state index contributed by atoms with van der Waals surface area (Å²) in [7, 11) is 0. The maximum absolute atomic E-state index is 12.5. The minimum absolute atomic E-state index is 0.0222. The van der Waals surface area contributed by atoms with E-state index in [2.05, 4.69) is 36.5 Å². The van der Waals surface area contributed by atoms with Crippen LogP contribution < -0.4 is 5.32 Å². The highest BCUT2D eigenvalue weighted by molar-refractivity contribution is 5.74. The summed E-state index contributed by atoms with van der Waals surface area (Å²) in [6.07, 6.45) is 2.90. The lowest BCUT2D eigenvalue weighted by atomic mass is 9.90. The van der Waals surface area contributed by atoms with Crippen molar-refractivity contribution in [2.45, 2.75) is 38.9 Å². The summed E-state index contributed by atoms with van der Waals surface area (Å²) in [5, 5.41) is 3.05. The first-order valence-corrected chi connectivity index (χ1v) is 8.93. The molecule has 24 heavy (non-hydrogen) atoms. The highest BCUT2D eigenvalue weighted by Crippen LogP contribution is 2.34. The molecule has 1 aromatic rings. The number of hydrogen-bond acceptors (Lipinski definition) is 3. The fraction of sp³-hybridized carbons (Fsp3) is 0.632. The van der Waals surface area contributed by atoms with Gasteiger partial charge in [-0.3, -0.25) is 0 Å². The van der Waals surface area contributed by atoms with Gasteiger partial charge in [0.15, 0.2) is 5.79 Å². The molecule has 2 aliphatic rings. The lowest BCUT2D eigenvalue weighted by molar-refractivity contribution is -0.189. The molecular weight excluding hydrogens is 304 g/mol. The molecule has 3 rings (SSSR count). The van der Waals surface area contributed by atoms with Crippen molar-refractivity contribution in [3.8, 4) is 0 Å². The molecule has 0 spiro atoms.